The first-order valence-electron chi connectivity index (χ1n) is 3.40. The van der Waals surface area contributed by atoms with Gasteiger partial charge in [0.05, 0.1) is 0 Å². The highest BCUT2D eigenvalue weighted by molar-refractivity contribution is 4.99. The normalized spacial score (nSPS) is 11.7. The fraction of sp³-hybridized carbons (Fsp3) is 0.500. The molecule has 1 N–H and O–H groups in total. The summed E-state index contributed by atoms with van der Waals surface area (Å²) in [6.45, 7) is 2.17. The molecule has 0 aliphatic carbocycles. The van der Waals surface area contributed by atoms with Gasteiger partial charge in [-0.3, -0.25) is 0 Å². The van der Waals surface area contributed by atoms with Crippen molar-refractivity contribution in [1.29, 1.82) is 0 Å². The smallest absolute Gasteiger partial charge is 0.0177 e. The molecule has 0 aromatic heterocycles. The van der Waals surface area contributed by atoms with E-state index < -0.39 is 0 Å². The summed E-state index contributed by atoms with van der Waals surface area (Å²) >= 11 is 0. The second kappa shape index (κ2) is 7.28. The van der Waals surface area contributed by atoms with Crippen molar-refractivity contribution in [2.24, 2.45) is 0 Å². The Kier molecular flexibility index (Phi) is 6.70. The van der Waals surface area contributed by atoms with E-state index in [9.17, 15) is 0 Å². The van der Waals surface area contributed by atoms with Crippen molar-refractivity contribution < 1.29 is 0 Å². The van der Waals surface area contributed by atoms with Gasteiger partial charge >= 0.3 is 0 Å². The van der Waals surface area contributed by atoms with Crippen LogP contribution in [0.15, 0.2) is 24.4 Å². The molecular formula is C8H14N. The van der Waals surface area contributed by atoms with Gasteiger partial charge in [-0.25, -0.2) is 0 Å². The molecule has 0 rings (SSSR count). The zero-order chi connectivity index (χ0) is 6.95. The Morgan fingerprint density at radius 3 is 2.67 bits per heavy atom. The molecule has 0 fully saturated rings. The summed E-state index contributed by atoms with van der Waals surface area (Å²) in [4.78, 5) is 0. The van der Waals surface area contributed by atoms with Crippen LogP contribution in [0.25, 0.3) is 0 Å². The van der Waals surface area contributed by atoms with E-state index in [4.69, 9.17) is 5.73 Å². The van der Waals surface area contributed by atoms with Crippen LogP contribution in [0.3, 0.4) is 0 Å². The third kappa shape index (κ3) is 7.28. The van der Waals surface area contributed by atoms with Gasteiger partial charge in [0, 0.05) is 6.20 Å². The van der Waals surface area contributed by atoms with Crippen LogP contribution < -0.4 is 5.73 Å². The minimum absolute atomic E-state index is 1.14. The zero-order valence-corrected chi connectivity index (χ0v) is 5.93. The molecule has 0 saturated heterocycles. The van der Waals surface area contributed by atoms with Crippen molar-refractivity contribution in [1.82, 2.24) is 5.73 Å². The summed E-state index contributed by atoms with van der Waals surface area (Å²) in [5.41, 5.74) is 6.65. The standard InChI is InChI=1S/C8H14N/c1-2-3-4-5-6-7-8-9/h5-9H,2-4H2,1H3. The molecule has 0 unspecified atom stereocenters. The molecule has 0 saturated carbocycles. The highest BCUT2D eigenvalue weighted by atomic mass is 14.5. The van der Waals surface area contributed by atoms with Crippen molar-refractivity contribution in [3.05, 3.63) is 24.4 Å². The molecule has 0 atom stereocenters. The van der Waals surface area contributed by atoms with Gasteiger partial charge in [-0.05, 0) is 12.5 Å². The molecule has 0 aromatic carbocycles. The average molecular weight is 124 g/mol. The molecule has 0 aliphatic rings. The fourth-order valence-corrected chi connectivity index (χ4v) is 0.552. The minimum Gasteiger partial charge on any atom is -0.309 e. The zero-order valence-electron chi connectivity index (χ0n) is 5.93. The van der Waals surface area contributed by atoms with Gasteiger partial charge in [-0.15, -0.1) is 0 Å². The summed E-state index contributed by atoms with van der Waals surface area (Å²) in [5, 5.41) is 0. The van der Waals surface area contributed by atoms with Gasteiger partial charge in [0.25, 0.3) is 0 Å². The fourth-order valence-electron chi connectivity index (χ4n) is 0.552. The van der Waals surface area contributed by atoms with Gasteiger partial charge in [-0.1, -0.05) is 31.9 Å². The topological polar surface area (TPSA) is 23.8 Å². The lowest BCUT2D eigenvalue weighted by molar-refractivity contribution is 0.815. The second-order valence-electron chi connectivity index (χ2n) is 1.93. The molecular weight excluding hydrogens is 110 g/mol. The Labute approximate surface area is 57.3 Å². The van der Waals surface area contributed by atoms with Crippen molar-refractivity contribution in [3.8, 4) is 0 Å². The SMILES string of the molecule is CCCCC=CC=C[NH]. The monoisotopic (exact) mass is 124 g/mol. The van der Waals surface area contributed by atoms with Crippen LogP contribution in [-0.2, 0) is 0 Å². The third-order valence-corrected chi connectivity index (χ3v) is 1.07. The molecule has 1 heteroatoms. The van der Waals surface area contributed by atoms with Crippen molar-refractivity contribution in [3.63, 3.8) is 0 Å². The highest BCUT2D eigenvalue weighted by Gasteiger charge is 1.74. The lowest BCUT2D eigenvalue weighted by Crippen LogP contribution is -1.64. The Morgan fingerprint density at radius 1 is 1.33 bits per heavy atom. The lowest BCUT2D eigenvalue weighted by Gasteiger charge is -1.84. The van der Waals surface area contributed by atoms with Gasteiger partial charge in [-0.2, -0.15) is 0 Å². The number of hydrogen-bond donors (Lipinski definition) is 0. The maximum Gasteiger partial charge on any atom is 0.0177 e. The predicted octanol–water partition coefficient (Wildman–Crippen LogP) is 2.53. The Hall–Kier alpha value is -0.720. The van der Waals surface area contributed by atoms with E-state index >= 15 is 0 Å². The number of hydrogen-bond acceptors (Lipinski definition) is 0. The summed E-state index contributed by atoms with van der Waals surface area (Å²) in [6, 6.07) is 0. The van der Waals surface area contributed by atoms with E-state index in [-0.39, 0.29) is 0 Å². The maximum atomic E-state index is 6.65. The van der Waals surface area contributed by atoms with E-state index in [1.54, 1.807) is 6.08 Å². The first-order valence-corrected chi connectivity index (χ1v) is 3.40. The molecule has 1 nitrogen and oxygen atoms in total. The van der Waals surface area contributed by atoms with Crippen LogP contribution in [0.2, 0.25) is 0 Å². The second-order valence-corrected chi connectivity index (χ2v) is 1.93. The van der Waals surface area contributed by atoms with E-state index in [0.717, 1.165) is 6.42 Å². The van der Waals surface area contributed by atoms with Crippen LogP contribution in [0.4, 0.5) is 0 Å². The van der Waals surface area contributed by atoms with Crippen LogP contribution >= 0.6 is 0 Å². The quantitative estimate of drug-likeness (QED) is 0.406. The van der Waals surface area contributed by atoms with E-state index in [2.05, 4.69) is 13.0 Å². The molecule has 0 aromatic rings. The molecule has 9 heavy (non-hydrogen) atoms. The number of rotatable bonds is 4. The molecule has 1 radical (unpaired) electrons. The highest BCUT2D eigenvalue weighted by Crippen LogP contribution is 1.94. The largest absolute Gasteiger partial charge is 0.309 e. The van der Waals surface area contributed by atoms with Crippen molar-refractivity contribution in [2.75, 3.05) is 0 Å². The molecule has 0 aliphatic heterocycles. The van der Waals surface area contributed by atoms with Crippen LogP contribution in [0.1, 0.15) is 26.2 Å². The van der Waals surface area contributed by atoms with Gasteiger partial charge in [0.2, 0.25) is 0 Å². The van der Waals surface area contributed by atoms with Crippen molar-refractivity contribution >= 4 is 0 Å². The molecule has 0 spiro atoms. The molecule has 0 heterocycles. The van der Waals surface area contributed by atoms with Crippen LogP contribution in [0.5, 0.6) is 0 Å². The van der Waals surface area contributed by atoms with E-state index in [1.807, 2.05) is 6.08 Å². The number of allylic oxidation sites excluding steroid dienone is 3. The Balaban J connectivity index is 3.04. The minimum atomic E-state index is 1.14. The summed E-state index contributed by atoms with van der Waals surface area (Å²) < 4.78 is 0. The predicted molar refractivity (Wildman–Crippen MR) is 40.9 cm³/mol. The number of unbranched alkanes of at least 4 members (excludes halogenated alkanes) is 2. The molecule has 51 valence electrons. The number of nitrogens with one attached hydrogen (secondary N) is 1. The Bertz CT molecular complexity index is 92.7. The summed E-state index contributed by atoms with van der Waals surface area (Å²) in [7, 11) is 0. The van der Waals surface area contributed by atoms with E-state index in [0.29, 0.717) is 0 Å². The maximum absolute atomic E-state index is 6.65. The summed E-state index contributed by atoms with van der Waals surface area (Å²) in [6.07, 6.45) is 10.7. The van der Waals surface area contributed by atoms with Crippen LogP contribution in [-0.4, -0.2) is 0 Å². The third-order valence-electron chi connectivity index (χ3n) is 1.07. The first-order chi connectivity index (χ1) is 4.41. The van der Waals surface area contributed by atoms with Crippen molar-refractivity contribution in [2.45, 2.75) is 26.2 Å². The average Bonchev–Trinajstić information content (AvgIpc) is 1.89. The lowest BCUT2D eigenvalue weighted by atomic mass is 10.2. The first kappa shape index (κ1) is 8.28. The summed E-state index contributed by atoms with van der Waals surface area (Å²) in [5.74, 6) is 0. The Morgan fingerprint density at radius 2 is 2.11 bits per heavy atom. The van der Waals surface area contributed by atoms with E-state index in [1.165, 1.54) is 19.0 Å². The van der Waals surface area contributed by atoms with Gasteiger partial charge < -0.3 is 5.73 Å². The van der Waals surface area contributed by atoms with Crippen LogP contribution in [0, 0.1) is 0 Å². The van der Waals surface area contributed by atoms with Gasteiger partial charge in [0.1, 0.15) is 0 Å². The molecule has 0 amide bonds. The van der Waals surface area contributed by atoms with Gasteiger partial charge in [0.15, 0.2) is 0 Å². The molecule has 0 bridgehead atoms.